The molecule has 0 saturated heterocycles. The number of hydrogen-bond donors (Lipinski definition) is 1. The molecule has 1 unspecified atom stereocenters. The zero-order chi connectivity index (χ0) is 12.7. The van der Waals surface area contributed by atoms with E-state index in [1.165, 1.54) is 38.5 Å². The summed E-state index contributed by atoms with van der Waals surface area (Å²) in [5, 5.41) is 3.41. The Morgan fingerprint density at radius 3 is 2.41 bits per heavy atom. The van der Waals surface area contributed by atoms with Crippen LogP contribution in [0.25, 0.3) is 0 Å². The standard InChI is InChI=1S/C16H29N/c1-16(2,3)13-7-10-15(17-4)12-11-14-8-5-6-9-14/h14-15,17H,5-6,8-12H2,1-4H3. The molecule has 1 heteroatoms. The fourth-order valence-corrected chi connectivity index (χ4v) is 2.52. The minimum Gasteiger partial charge on any atom is -0.316 e. The summed E-state index contributed by atoms with van der Waals surface area (Å²) in [6, 6.07) is 0.588. The molecule has 1 nitrogen and oxygen atoms in total. The molecule has 0 aliphatic heterocycles. The molecule has 1 N–H and O–H groups in total. The summed E-state index contributed by atoms with van der Waals surface area (Å²) in [5.41, 5.74) is 0.143. The van der Waals surface area contributed by atoms with Gasteiger partial charge in [-0.3, -0.25) is 0 Å². The van der Waals surface area contributed by atoms with Crippen LogP contribution in [0, 0.1) is 23.2 Å². The predicted octanol–water partition coefficient (Wildman–Crippen LogP) is 3.98. The molecule has 1 saturated carbocycles. The van der Waals surface area contributed by atoms with Gasteiger partial charge in [-0.15, -0.1) is 5.92 Å². The van der Waals surface area contributed by atoms with Gasteiger partial charge in [0, 0.05) is 17.9 Å². The lowest BCUT2D eigenvalue weighted by Gasteiger charge is -2.16. The first-order valence-corrected chi connectivity index (χ1v) is 7.18. The van der Waals surface area contributed by atoms with Gasteiger partial charge in [0.15, 0.2) is 0 Å². The van der Waals surface area contributed by atoms with Crippen LogP contribution >= 0.6 is 0 Å². The number of rotatable bonds is 5. The Morgan fingerprint density at radius 2 is 1.88 bits per heavy atom. The van der Waals surface area contributed by atoms with Crippen molar-refractivity contribution in [1.29, 1.82) is 0 Å². The van der Waals surface area contributed by atoms with E-state index in [1.54, 1.807) is 0 Å². The van der Waals surface area contributed by atoms with E-state index in [0.717, 1.165) is 12.3 Å². The van der Waals surface area contributed by atoms with E-state index >= 15 is 0 Å². The summed E-state index contributed by atoms with van der Waals surface area (Å²) in [5.74, 6) is 7.67. The van der Waals surface area contributed by atoms with Gasteiger partial charge in [-0.1, -0.05) is 31.6 Å². The first-order chi connectivity index (χ1) is 8.01. The number of hydrogen-bond acceptors (Lipinski definition) is 1. The third-order valence-corrected chi connectivity index (χ3v) is 3.62. The van der Waals surface area contributed by atoms with E-state index in [-0.39, 0.29) is 5.41 Å². The van der Waals surface area contributed by atoms with Gasteiger partial charge in [0.1, 0.15) is 0 Å². The van der Waals surface area contributed by atoms with E-state index in [0.29, 0.717) is 6.04 Å². The average molecular weight is 235 g/mol. The zero-order valence-electron chi connectivity index (χ0n) is 12.1. The average Bonchev–Trinajstić information content (AvgIpc) is 2.74. The maximum atomic E-state index is 3.41. The molecule has 98 valence electrons. The lowest BCUT2D eigenvalue weighted by molar-refractivity contribution is 0.423. The largest absolute Gasteiger partial charge is 0.316 e. The zero-order valence-corrected chi connectivity index (χ0v) is 12.1. The smallest absolute Gasteiger partial charge is 0.0243 e. The van der Waals surface area contributed by atoms with E-state index in [1.807, 2.05) is 0 Å². The van der Waals surface area contributed by atoms with Crippen molar-refractivity contribution in [2.45, 2.75) is 71.8 Å². The molecule has 0 aromatic carbocycles. The fraction of sp³-hybridized carbons (Fsp3) is 0.875. The van der Waals surface area contributed by atoms with Crippen LogP contribution in [0.5, 0.6) is 0 Å². The second kappa shape index (κ2) is 7.07. The number of nitrogens with one attached hydrogen (secondary N) is 1. The van der Waals surface area contributed by atoms with Crippen molar-refractivity contribution < 1.29 is 0 Å². The van der Waals surface area contributed by atoms with Crippen LogP contribution in [0.4, 0.5) is 0 Å². The van der Waals surface area contributed by atoms with Crippen molar-refractivity contribution >= 4 is 0 Å². The molecular formula is C16H29N. The van der Waals surface area contributed by atoms with E-state index < -0.39 is 0 Å². The summed E-state index contributed by atoms with van der Waals surface area (Å²) in [7, 11) is 2.07. The molecule has 1 rings (SSSR count). The van der Waals surface area contributed by atoms with Crippen LogP contribution in [0.1, 0.15) is 65.7 Å². The maximum Gasteiger partial charge on any atom is 0.0243 e. The molecule has 17 heavy (non-hydrogen) atoms. The van der Waals surface area contributed by atoms with Crippen molar-refractivity contribution in [1.82, 2.24) is 5.32 Å². The monoisotopic (exact) mass is 235 g/mol. The molecule has 0 amide bonds. The van der Waals surface area contributed by atoms with Crippen LogP contribution in [-0.2, 0) is 0 Å². The Morgan fingerprint density at radius 1 is 1.24 bits per heavy atom. The summed E-state index contributed by atoms with van der Waals surface area (Å²) < 4.78 is 0. The quantitative estimate of drug-likeness (QED) is 0.711. The van der Waals surface area contributed by atoms with Gasteiger partial charge in [0.2, 0.25) is 0 Å². The molecule has 1 aliphatic rings. The van der Waals surface area contributed by atoms with E-state index in [9.17, 15) is 0 Å². The summed E-state index contributed by atoms with van der Waals surface area (Å²) in [6.45, 7) is 6.52. The lowest BCUT2D eigenvalue weighted by Crippen LogP contribution is -2.25. The predicted molar refractivity (Wildman–Crippen MR) is 75.9 cm³/mol. The Balaban J connectivity index is 2.24. The van der Waals surface area contributed by atoms with Crippen LogP contribution in [-0.4, -0.2) is 13.1 Å². The second-order valence-electron chi connectivity index (χ2n) is 6.47. The first-order valence-electron chi connectivity index (χ1n) is 7.18. The van der Waals surface area contributed by atoms with Crippen LogP contribution in [0.3, 0.4) is 0 Å². The normalized spacial score (nSPS) is 18.8. The van der Waals surface area contributed by atoms with E-state index in [4.69, 9.17) is 0 Å². The highest BCUT2D eigenvalue weighted by Gasteiger charge is 2.16. The summed E-state index contributed by atoms with van der Waals surface area (Å²) >= 11 is 0. The Bertz CT molecular complexity index is 257. The van der Waals surface area contributed by atoms with Gasteiger partial charge in [0.25, 0.3) is 0 Å². The molecule has 0 radical (unpaired) electrons. The van der Waals surface area contributed by atoms with Crippen molar-refractivity contribution in [3.8, 4) is 11.8 Å². The molecule has 0 aromatic rings. The molecule has 0 heterocycles. The van der Waals surface area contributed by atoms with Gasteiger partial charge in [0.05, 0.1) is 0 Å². The van der Waals surface area contributed by atoms with Gasteiger partial charge in [-0.25, -0.2) is 0 Å². The van der Waals surface area contributed by atoms with Crippen molar-refractivity contribution in [2.75, 3.05) is 7.05 Å². The summed E-state index contributed by atoms with van der Waals surface area (Å²) in [4.78, 5) is 0. The minimum absolute atomic E-state index is 0.143. The van der Waals surface area contributed by atoms with Crippen LogP contribution < -0.4 is 5.32 Å². The fourth-order valence-electron chi connectivity index (χ4n) is 2.52. The highest BCUT2D eigenvalue weighted by molar-refractivity contribution is 5.08. The van der Waals surface area contributed by atoms with Crippen molar-refractivity contribution in [2.24, 2.45) is 11.3 Å². The molecule has 1 aliphatic carbocycles. The first kappa shape index (κ1) is 14.6. The third-order valence-electron chi connectivity index (χ3n) is 3.62. The minimum atomic E-state index is 0.143. The van der Waals surface area contributed by atoms with Gasteiger partial charge < -0.3 is 5.32 Å². The van der Waals surface area contributed by atoms with Crippen molar-refractivity contribution in [3.05, 3.63) is 0 Å². The van der Waals surface area contributed by atoms with Crippen LogP contribution in [0.15, 0.2) is 0 Å². The highest BCUT2D eigenvalue weighted by Crippen LogP contribution is 2.29. The molecule has 1 fully saturated rings. The Kier molecular flexibility index (Phi) is 6.06. The molecule has 1 atom stereocenters. The van der Waals surface area contributed by atoms with Gasteiger partial charge in [-0.2, -0.15) is 0 Å². The molecule has 0 spiro atoms. The Labute approximate surface area is 108 Å². The van der Waals surface area contributed by atoms with E-state index in [2.05, 4.69) is 45.0 Å². The van der Waals surface area contributed by atoms with Gasteiger partial charge in [-0.05, 0) is 46.6 Å². The molecule has 0 aromatic heterocycles. The summed E-state index contributed by atoms with van der Waals surface area (Å²) in [6.07, 6.45) is 9.52. The third kappa shape index (κ3) is 6.74. The topological polar surface area (TPSA) is 12.0 Å². The maximum absolute atomic E-state index is 3.41. The van der Waals surface area contributed by atoms with Crippen LogP contribution in [0.2, 0.25) is 0 Å². The molecular weight excluding hydrogens is 206 g/mol. The second-order valence-corrected chi connectivity index (χ2v) is 6.47. The lowest BCUT2D eigenvalue weighted by atomic mass is 9.95. The SMILES string of the molecule is CNC(CC#CC(C)(C)C)CCC1CCCC1. The Hall–Kier alpha value is -0.480. The van der Waals surface area contributed by atoms with Gasteiger partial charge >= 0.3 is 0 Å². The molecule has 0 bridgehead atoms. The van der Waals surface area contributed by atoms with Crippen molar-refractivity contribution in [3.63, 3.8) is 0 Å². The highest BCUT2D eigenvalue weighted by atomic mass is 14.9.